The van der Waals surface area contributed by atoms with Crippen LogP contribution in [0.1, 0.15) is 24.5 Å². The lowest BCUT2D eigenvalue weighted by Gasteiger charge is -2.17. The van der Waals surface area contributed by atoms with Gasteiger partial charge >= 0.3 is 6.03 Å². The number of benzene rings is 1. The molecule has 0 saturated carbocycles. The Kier molecular flexibility index (Phi) is 7.91. The molecule has 0 fully saturated rings. The number of hydrogen-bond donors (Lipinski definition) is 3. The summed E-state index contributed by atoms with van der Waals surface area (Å²) in [4.78, 5) is 36.8. The van der Waals surface area contributed by atoms with Gasteiger partial charge in [-0.3, -0.25) is 19.8 Å². The summed E-state index contributed by atoms with van der Waals surface area (Å²) in [6, 6.07) is 5.26. The number of amides is 4. The summed E-state index contributed by atoms with van der Waals surface area (Å²) in [7, 11) is 1.65. The van der Waals surface area contributed by atoms with Crippen molar-refractivity contribution < 1.29 is 14.4 Å². The lowest BCUT2D eigenvalue weighted by atomic mass is 10.1. The zero-order valence-corrected chi connectivity index (χ0v) is 14.7. The average Bonchev–Trinajstić information content (AvgIpc) is 2.48. The van der Waals surface area contributed by atoms with Gasteiger partial charge in [-0.25, -0.2) is 4.79 Å². The molecule has 1 rings (SSSR count). The Hall–Kier alpha value is -2.41. The molecule has 4 amide bonds. The molecule has 0 radical (unpaired) electrons. The van der Waals surface area contributed by atoms with E-state index in [0.717, 1.165) is 23.2 Å². The van der Waals surface area contributed by atoms with Gasteiger partial charge in [0.1, 0.15) is 0 Å². The van der Waals surface area contributed by atoms with Crippen molar-refractivity contribution in [3.63, 3.8) is 0 Å². The van der Waals surface area contributed by atoms with Crippen LogP contribution < -0.4 is 16.0 Å². The second-order valence-corrected chi connectivity index (χ2v) is 5.79. The third-order valence-electron chi connectivity index (χ3n) is 3.36. The van der Waals surface area contributed by atoms with Gasteiger partial charge in [0.2, 0.25) is 11.8 Å². The van der Waals surface area contributed by atoms with Crippen molar-refractivity contribution in [1.82, 2.24) is 15.5 Å². The SMILES string of the molecule is CCCNC(=O)NC(=O)CN(C)CC(=O)Nc1c(C)cccc1C. The van der Waals surface area contributed by atoms with Crippen LogP contribution in [0.5, 0.6) is 0 Å². The maximum atomic E-state index is 12.1. The number of aryl methyl sites for hydroxylation is 2. The van der Waals surface area contributed by atoms with E-state index in [1.54, 1.807) is 11.9 Å². The number of para-hydroxylation sites is 1. The van der Waals surface area contributed by atoms with Crippen molar-refractivity contribution in [2.75, 3.05) is 32.0 Å². The van der Waals surface area contributed by atoms with Crippen molar-refractivity contribution in [2.45, 2.75) is 27.2 Å². The van der Waals surface area contributed by atoms with E-state index < -0.39 is 11.9 Å². The van der Waals surface area contributed by atoms with Gasteiger partial charge in [0.25, 0.3) is 0 Å². The predicted molar refractivity (Wildman–Crippen MR) is 93.9 cm³/mol. The number of likely N-dealkylation sites (N-methyl/N-ethyl adjacent to an activating group) is 1. The Morgan fingerprint density at radius 1 is 1.04 bits per heavy atom. The van der Waals surface area contributed by atoms with Crippen molar-refractivity contribution in [2.24, 2.45) is 0 Å². The van der Waals surface area contributed by atoms with Crippen molar-refractivity contribution in [1.29, 1.82) is 0 Å². The van der Waals surface area contributed by atoms with Crippen LogP contribution in [-0.4, -0.2) is 49.4 Å². The molecule has 0 aliphatic heterocycles. The largest absolute Gasteiger partial charge is 0.338 e. The number of nitrogens with one attached hydrogen (secondary N) is 3. The quantitative estimate of drug-likeness (QED) is 0.703. The molecule has 0 heterocycles. The van der Waals surface area contributed by atoms with Gasteiger partial charge in [0.15, 0.2) is 0 Å². The van der Waals surface area contributed by atoms with Crippen LogP contribution in [-0.2, 0) is 9.59 Å². The first kappa shape index (κ1) is 19.6. The first-order valence-corrected chi connectivity index (χ1v) is 7.95. The van der Waals surface area contributed by atoms with Crippen LogP contribution >= 0.6 is 0 Å². The lowest BCUT2D eigenvalue weighted by Crippen LogP contribution is -2.45. The lowest BCUT2D eigenvalue weighted by molar-refractivity contribution is -0.122. The minimum atomic E-state index is -0.518. The molecule has 7 nitrogen and oxygen atoms in total. The highest BCUT2D eigenvalue weighted by atomic mass is 16.2. The van der Waals surface area contributed by atoms with E-state index in [-0.39, 0.29) is 19.0 Å². The van der Waals surface area contributed by atoms with E-state index in [2.05, 4.69) is 16.0 Å². The molecule has 0 bridgehead atoms. The Balaban J connectivity index is 2.44. The highest BCUT2D eigenvalue weighted by molar-refractivity contribution is 5.96. The molecule has 0 unspecified atom stereocenters. The second-order valence-electron chi connectivity index (χ2n) is 5.79. The molecule has 0 atom stereocenters. The van der Waals surface area contributed by atoms with E-state index in [4.69, 9.17) is 0 Å². The fourth-order valence-corrected chi connectivity index (χ4v) is 2.19. The molecule has 0 aliphatic carbocycles. The first-order chi connectivity index (χ1) is 11.3. The van der Waals surface area contributed by atoms with Crippen LogP contribution in [0.4, 0.5) is 10.5 Å². The molecule has 0 spiro atoms. The Labute approximate surface area is 142 Å². The summed E-state index contributed by atoms with van der Waals surface area (Å²) < 4.78 is 0. The van der Waals surface area contributed by atoms with Gasteiger partial charge in [0, 0.05) is 12.2 Å². The standard InChI is InChI=1S/C17H26N4O3/c1-5-9-18-17(24)20-15(23)11-21(4)10-14(22)19-16-12(2)7-6-8-13(16)3/h6-8H,5,9-11H2,1-4H3,(H,19,22)(H2,18,20,23,24). The zero-order valence-electron chi connectivity index (χ0n) is 14.7. The van der Waals surface area contributed by atoms with Gasteiger partial charge in [-0.1, -0.05) is 25.1 Å². The topological polar surface area (TPSA) is 90.5 Å². The number of hydrogen-bond acceptors (Lipinski definition) is 4. The third-order valence-corrected chi connectivity index (χ3v) is 3.36. The Bertz CT molecular complexity index is 581. The highest BCUT2D eigenvalue weighted by Gasteiger charge is 2.14. The summed E-state index contributed by atoms with van der Waals surface area (Å²) in [5.41, 5.74) is 2.76. The molecular formula is C17H26N4O3. The fourth-order valence-electron chi connectivity index (χ4n) is 2.19. The van der Waals surface area contributed by atoms with E-state index >= 15 is 0 Å². The Morgan fingerprint density at radius 3 is 2.21 bits per heavy atom. The van der Waals surface area contributed by atoms with E-state index in [9.17, 15) is 14.4 Å². The number of nitrogens with zero attached hydrogens (tertiary/aromatic N) is 1. The number of urea groups is 1. The van der Waals surface area contributed by atoms with Crippen molar-refractivity contribution in [3.05, 3.63) is 29.3 Å². The van der Waals surface area contributed by atoms with Crippen LogP contribution in [0.15, 0.2) is 18.2 Å². The molecule has 0 saturated heterocycles. The molecule has 7 heteroatoms. The fraction of sp³-hybridized carbons (Fsp3) is 0.471. The zero-order chi connectivity index (χ0) is 18.1. The van der Waals surface area contributed by atoms with E-state index in [1.165, 1.54) is 0 Å². The van der Waals surface area contributed by atoms with Crippen LogP contribution in [0, 0.1) is 13.8 Å². The number of rotatable bonds is 7. The highest BCUT2D eigenvalue weighted by Crippen LogP contribution is 2.19. The van der Waals surface area contributed by atoms with E-state index in [0.29, 0.717) is 6.54 Å². The summed E-state index contributed by atoms with van der Waals surface area (Å²) in [5, 5.41) is 7.64. The smallest absolute Gasteiger partial charge is 0.321 e. The third kappa shape index (κ3) is 6.78. The van der Waals surface area contributed by atoms with Crippen LogP contribution in [0.25, 0.3) is 0 Å². The van der Waals surface area contributed by atoms with Gasteiger partial charge < -0.3 is 10.6 Å². The molecule has 132 valence electrons. The predicted octanol–water partition coefficient (Wildman–Crippen LogP) is 1.41. The molecular weight excluding hydrogens is 308 g/mol. The molecule has 1 aromatic rings. The summed E-state index contributed by atoms with van der Waals surface area (Å²) >= 11 is 0. The average molecular weight is 334 g/mol. The maximum Gasteiger partial charge on any atom is 0.321 e. The molecule has 0 aromatic heterocycles. The number of imide groups is 1. The minimum absolute atomic E-state index is 0.0419. The van der Waals surface area contributed by atoms with E-state index in [1.807, 2.05) is 39.0 Å². The molecule has 0 aliphatic rings. The van der Waals surface area contributed by atoms with Gasteiger partial charge in [-0.05, 0) is 38.4 Å². The Morgan fingerprint density at radius 2 is 1.62 bits per heavy atom. The molecule has 1 aromatic carbocycles. The first-order valence-electron chi connectivity index (χ1n) is 7.95. The van der Waals surface area contributed by atoms with Gasteiger partial charge in [-0.2, -0.15) is 0 Å². The summed E-state index contributed by atoms with van der Waals surface area (Å²) in [5.74, 6) is -0.663. The normalized spacial score (nSPS) is 10.4. The minimum Gasteiger partial charge on any atom is -0.338 e. The monoisotopic (exact) mass is 334 g/mol. The van der Waals surface area contributed by atoms with Gasteiger partial charge in [0.05, 0.1) is 13.1 Å². The maximum absolute atomic E-state index is 12.1. The van der Waals surface area contributed by atoms with Crippen LogP contribution in [0.3, 0.4) is 0 Å². The van der Waals surface area contributed by atoms with Crippen molar-refractivity contribution >= 4 is 23.5 Å². The number of carbonyl (C=O) groups is 3. The van der Waals surface area contributed by atoms with Crippen molar-refractivity contribution in [3.8, 4) is 0 Å². The number of carbonyl (C=O) groups excluding carboxylic acids is 3. The van der Waals surface area contributed by atoms with Crippen LogP contribution in [0.2, 0.25) is 0 Å². The molecule has 24 heavy (non-hydrogen) atoms. The van der Waals surface area contributed by atoms with Gasteiger partial charge in [-0.15, -0.1) is 0 Å². The molecule has 3 N–H and O–H groups in total. The number of anilines is 1. The summed E-state index contributed by atoms with van der Waals surface area (Å²) in [6.45, 7) is 6.29. The summed E-state index contributed by atoms with van der Waals surface area (Å²) in [6.07, 6.45) is 0.792. The second kappa shape index (κ2) is 9.67.